The van der Waals surface area contributed by atoms with E-state index in [0.29, 0.717) is 29.5 Å². The maximum absolute atomic E-state index is 12.9. The molecular formula is C26H29N3O4S2. The Morgan fingerprint density at radius 1 is 1.00 bits per heavy atom. The summed E-state index contributed by atoms with van der Waals surface area (Å²) in [5.74, 6) is 0.605. The first-order chi connectivity index (χ1) is 16.6. The highest BCUT2D eigenvalue weighted by Crippen LogP contribution is 2.19. The number of carbonyl (C=O) groups is 1. The zero-order valence-electron chi connectivity index (χ0n) is 19.9. The Hall–Kier alpha value is -3.27. The molecular weight excluding hydrogens is 482 g/mol. The van der Waals surface area contributed by atoms with Gasteiger partial charge in [-0.05, 0) is 66.2 Å². The number of hydrogen-bond acceptors (Lipinski definition) is 5. The molecule has 0 aliphatic carbocycles. The summed E-state index contributed by atoms with van der Waals surface area (Å²) in [6, 6.07) is 22.4. The Balaban J connectivity index is 1.58. The molecule has 0 atom stereocenters. The van der Waals surface area contributed by atoms with Crippen LogP contribution >= 0.6 is 12.2 Å². The number of amides is 1. The number of nitrogens with zero attached hydrogens (tertiary/aromatic N) is 1. The van der Waals surface area contributed by atoms with Crippen molar-refractivity contribution in [3.63, 3.8) is 0 Å². The number of carbonyl (C=O) groups excluding carboxylic acids is 1. The van der Waals surface area contributed by atoms with Crippen molar-refractivity contribution in [1.82, 2.24) is 9.62 Å². The lowest BCUT2D eigenvalue weighted by atomic mass is 10.2. The van der Waals surface area contributed by atoms with Crippen molar-refractivity contribution < 1.29 is 17.9 Å². The molecule has 1 amide bonds. The maximum Gasteiger partial charge on any atom is 0.257 e. The predicted molar refractivity (Wildman–Crippen MR) is 142 cm³/mol. The lowest BCUT2D eigenvalue weighted by Crippen LogP contribution is -2.34. The van der Waals surface area contributed by atoms with Crippen LogP contribution in [0.5, 0.6) is 5.75 Å². The first kappa shape index (κ1) is 26.3. The maximum atomic E-state index is 12.9. The molecule has 0 spiro atoms. The number of benzene rings is 3. The number of rotatable bonds is 9. The van der Waals surface area contributed by atoms with E-state index in [-0.39, 0.29) is 22.5 Å². The fraction of sp³-hybridized carbons (Fsp3) is 0.231. The van der Waals surface area contributed by atoms with Crippen molar-refractivity contribution in [3.8, 4) is 5.75 Å². The summed E-state index contributed by atoms with van der Waals surface area (Å²) in [6.07, 6.45) is 0. The molecule has 3 aromatic carbocycles. The van der Waals surface area contributed by atoms with E-state index in [2.05, 4.69) is 10.6 Å². The highest BCUT2D eigenvalue weighted by Gasteiger charge is 2.21. The highest BCUT2D eigenvalue weighted by molar-refractivity contribution is 7.89. The van der Waals surface area contributed by atoms with Crippen LogP contribution in [0.2, 0.25) is 0 Å². The van der Waals surface area contributed by atoms with Gasteiger partial charge in [0, 0.05) is 24.8 Å². The SMILES string of the molecule is CC(C)COc1cccc(C(=O)NC(=S)Nc2ccc(S(=O)(=O)N(C)Cc3ccccc3)cc2)c1. The lowest BCUT2D eigenvalue weighted by Gasteiger charge is -2.18. The number of sulfonamides is 1. The first-order valence-corrected chi connectivity index (χ1v) is 13.0. The lowest BCUT2D eigenvalue weighted by molar-refractivity contribution is 0.0977. The van der Waals surface area contributed by atoms with Gasteiger partial charge >= 0.3 is 0 Å². The molecule has 7 nitrogen and oxygen atoms in total. The van der Waals surface area contributed by atoms with E-state index in [0.717, 1.165) is 5.56 Å². The Bertz CT molecular complexity index is 1260. The Labute approximate surface area is 212 Å². The van der Waals surface area contributed by atoms with Crippen molar-refractivity contribution in [2.75, 3.05) is 19.0 Å². The van der Waals surface area contributed by atoms with Crippen LogP contribution in [0, 0.1) is 5.92 Å². The fourth-order valence-electron chi connectivity index (χ4n) is 3.14. The van der Waals surface area contributed by atoms with E-state index in [1.54, 1.807) is 43.4 Å². The molecule has 0 aliphatic heterocycles. The molecule has 9 heteroatoms. The molecule has 0 aromatic heterocycles. The second-order valence-electron chi connectivity index (χ2n) is 8.41. The summed E-state index contributed by atoms with van der Waals surface area (Å²) in [5.41, 5.74) is 1.86. The molecule has 0 unspecified atom stereocenters. The van der Waals surface area contributed by atoms with Gasteiger partial charge in [0.25, 0.3) is 5.91 Å². The van der Waals surface area contributed by atoms with Crippen LogP contribution in [0.3, 0.4) is 0 Å². The van der Waals surface area contributed by atoms with Gasteiger partial charge in [-0.3, -0.25) is 10.1 Å². The van der Waals surface area contributed by atoms with Crippen molar-refractivity contribution in [3.05, 3.63) is 90.0 Å². The van der Waals surface area contributed by atoms with Gasteiger partial charge in [-0.2, -0.15) is 4.31 Å². The smallest absolute Gasteiger partial charge is 0.257 e. The fourth-order valence-corrected chi connectivity index (χ4v) is 4.51. The van der Waals surface area contributed by atoms with Gasteiger partial charge in [-0.25, -0.2) is 8.42 Å². The molecule has 0 aliphatic rings. The summed E-state index contributed by atoms with van der Waals surface area (Å²) < 4.78 is 32.8. The normalized spacial score (nSPS) is 11.3. The molecule has 3 rings (SSSR count). The number of hydrogen-bond donors (Lipinski definition) is 2. The quantitative estimate of drug-likeness (QED) is 0.406. The number of ether oxygens (including phenoxy) is 1. The summed E-state index contributed by atoms with van der Waals surface area (Å²) in [4.78, 5) is 12.7. The molecule has 2 N–H and O–H groups in total. The largest absolute Gasteiger partial charge is 0.493 e. The van der Waals surface area contributed by atoms with Crippen LogP contribution in [0.25, 0.3) is 0 Å². The van der Waals surface area contributed by atoms with E-state index < -0.39 is 10.0 Å². The van der Waals surface area contributed by atoms with Crippen molar-refractivity contribution in [2.45, 2.75) is 25.3 Å². The summed E-state index contributed by atoms with van der Waals surface area (Å²) in [6.45, 7) is 4.92. The van der Waals surface area contributed by atoms with Crippen LogP contribution in [-0.2, 0) is 16.6 Å². The summed E-state index contributed by atoms with van der Waals surface area (Å²) >= 11 is 5.25. The van der Waals surface area contributed by atoms with E-state index >= 15 is 0 Å². The summed E-state index contributed by atoms with van der Waals surface area (Å²) in [7, 11) is -2.12. The third-order valence-corrected chi connectivity index (χ3v) is 7.00. The molecule has 184 valence electrons. The molecule has 35 heavy (non-hydrogen) atoms. The monoisotopic (exact) mass is 511 g/mol. The average molecular weight is 512 g/mol. The molecule has 0 bridgehead atoms. The van der Waals surface area contributed by atoms with Crippen molar-refractivity contribution in [2.24, 2.45) is 5.92 Å². The third kappa shape index (κ3) is 7.61. The van der Waals surface area contributed by atoms with Gasteiger partial charge in [0.15, 0.2) is 5.11 Å². The average Bonchev–Trinajstić information content (AvgIpc) is 2.83. The van der Waals surface area contributed by atoms with Crippen molar-refractivity contribution >= 4 is 38.9 Å². The van der Waals surface area contributed by atoms with E-state index in [1.807, 2.05) is 44.2 Å². The predicted octanol–water partition coefficient (Wildman–Crippen LogP) is 4.67. The van der Waals surface area contributed by atoms with Crippen LogP contribution in [0.1, 0.15) is 29.8 Å². The topological polar surface area (TPSA) is 87.7 Å². The highest BCUT2D eigenvalue weighted by atomic mass is 32.2. The third-order valence-electron chi connectivity index (χ3n) is 4.98. The van der Waals surface area contributed by atoms with Gasteiger partial charge in [0.2, 0.25) is 10.0 Å². The molecule has 0 heterocycles. The van der Waals surface area contributed by atoms with Gasteiger partial charge in [0.1, 0.15) is 5.75 Å². The first-order valence-electron chi connectivity index (χ1n) is 11.1. The molecule has 0 fully saturated rings. The zero-order valence-corrected chi connectivity index (χ0v) is 21.5. The molecule has 3 aromatic rings. The minimum Gasteiger partial charge on any atom is -0.493 e. The standard InChI is InChI=1S/C26H29N3O4S2/c1-19(2)18-33-23-11-7-10-21(16-23)25(30)28-26(34)27-22-12-14-24(15-13-22)35(31,32)29(3)17-20-8-5-4-6-9-20/h4-16,19H,17-18H2,1-3H3,(H2,27,28,30,34). The Morgan fingerprint density at radius 3 is 2.34 bits per heavy atom. The molecule has 0 radical (unpaired) electrons. The van der Waals surface area contributed by atoms with Gasteiger partial charge < -0.3 is 10.1 Å². The molecule has 0 saturated heterocycles. The van der Waals surface area contributed by atoms with E-state index in [9.17, 15) is 13.2 Å². The van der Waals surface area contributed by atoms with Gasteiger partial charge in [-0.15, -0.1) is 0 Å². The summed E-state index contributed by atoms with van der Waals surface area (Å²) in [5, 5.41) is 5.63. The number of thiocarbonyl (C=S) groups is 1. The minimum absolute atomic E-state index is 0.0975. The van der Waals surface area contributed by atoms with Crippen LogP contribution in [0.15, 0.2) is 83.8 Å². The van der Waals surface area contributed by atoms with Crippen LogP contribution < -0.4 is 15.4 Å². The Morgan fingerprint density at radius 2 is 1.69 bits per heavy atom. The number of nitrogens with one attached hydrogen (secondary N) is 2. The van der Waals surface area contributed by atoms with Gasteiger partial charge in [-0.1, -0.05) is 50.2 Å². The second kappa shape index (κ2) is 11.9. The number of anilines is 1. The van der Waals surface area contributed by atoms with Crippen molar-refractivity contribution in [1.29, 1.82) is 0 Å². The van der Waals surface area contributed by atoms with Crippen LogP contribution in [-0.4, -0.2) is 37.4 Å². The van der Waals surface area contributed by atoms with E-state index in [1.165, 1.54) is 16.4 Å². The van der Waals surface area contributed by atoms with Crippen LogP contribution in [0.4, 0.5) is 5.69 Å². The Kier molecular flexibility index (Phi) is 8.97. The minimum atomic E-state index is -3.66. The van der Waals surface area contributed by atoms with E-state index in [4.69, 9.17) is 17.0 Å². The second-order valence-corrected chi connectivity index (χ2v) is 10.9. The van der Waals surface area contributed by atoms with Gasteiger partial charge in [0.05, 0.1) is 11.5 Å². The zero-order chi connectivity index (χ0) is 25.4. The molecule has 0 saturated carbocycles.